The molecular formula is C15H18N6. The molecule has 0 bridgehead atoms. The summed E-state index contributed by atoms with van der Waals surface area (Å²) in [6.45, 7) is 2.97. The van der Waals surface area contributed by atoms with Crippen molar-refractivity contribution < 1.29 is 0 Å². The number of aryl methyl sites for hydroxylation is 1. The van der Waals surface area contributed by atoms with Gasteiger partial charge in [-0.2, -0.15) is 4.80 Å². The molecule has 0 fully saturated rings. The Balaban J connectivity index is 1.98. The number of pyridine rings is 1. The summed E-state index contributed by atoms with van der Waals surface area (Å²) in [5.74, 6) is 0.740. The van der Waals surface area contributed by atoms with E-state index in [0.29, 0.717) is 6.42 Å². The lowest BCUT2D eigenvalue weighted by Crippen LogP contribution is -2.23. The van der Waals surface area contributed by atoms with Crippen LogP contribution >= 0.6 is 0 Å². The monoisotopic (exact) mass is 282 g/mol. The van der Waals surface area contributed by atoms with Gasteiger partial charge in [-0.05, 0) is 29.5 Å². The van der Waals surface area contributed by atoms with Gasteiger partial charge >= 0.3 is 0 Å². The number of nitrogens with one attached hydrogen (secondary N) is 1. The van der Waals surface area contributed by atoms with Crippen molar-refractivity contribution in [2.24, 2.45) is 7.05 Å². The molecule has 0 saturated carbocycles. The van der Waals surface area contributed by atoms with Gasteiger partial charge in [-0.15, -0.1) is 10.2 Å². The van der Waals surface area contributed by atoms with Gasteiger partial charge in [0, 0.05) is 24.0 Å². The minimum absolute atomic E-state index is 0.145. The number of hydrogen-bond donors (Lipinski definition) is 1. The Kier molecular flexibility index (Phi) is 3.87. The SMILES string of the molecule is CCNC(Cc1nnn(C)n1)c1ccnc2ccccc12. The normalized spacial score (nSPS) is 12.7. The third kappa shape index (κ3) is 2.90. The lowest BCUT2D eigenvalue weighted by atomic mass is 9.99. The number of likely N-dealkylation sites (N-methyl/N-ethyl adjacent to an activating group) is 1. The van der Waals surface area contributed by atoms with Crippen LogP contribution in [-0.4, -0.2) is 31.7 Å². The highest BCUT2D eigenvalue weighted by Crippen LogP contribution is 2.24. The summed E-state index contributed by atoms with van der Waals surface area (Å²) >= 11 is 0. The van der Waals surface area contributed by atoms with Crippen molar-refractivity contribution >= 4 is 10.9 Å². The molecule has 1 aromatic carbocycles. The molecule has 2 heterocycles. The van der Waals surface area contributed by atoms with E-state index in [0.717, 1.165) is 23.3 Å². The van der Waals surface area contributed by atoms with Crippen molar-refractivity contribution in [3.63, 3.8) is 0 Å². The average molecular weight is 282 g/mol. The summed E-state index contributed by atoms with van der Waals surface area (Å²) in [5.41, 5.74) is 2.22. The smallest absolute Gasteiger partial charge is 0.176 e. The van der Waals surface area contributed by atoms with Crippen LogP contribution in [0.3, 0.4) is 0 Å². The maximum absolute atomic E-state index is 4.42. The average Bonchev–Trinajstić information content (AvgIpc) is 2.91. The van der Waals surface area contributed by atoms with E-state index in [4.69, 9.17) is 0 Å². The Labute approximate surface area is 123 Å². The largest absolute Gasteiger partial charge is 0.310 e. The van der Waals surface area contributed by atoms with Gasteiger partial charge in [0.15, 0.2) is 5.82 Å². The first-order valence-corrected chi connectivity index (χ1v) is 7.08. The molecule has 0 amide bonds. The zero-order valence-electron chi connectivity index (χ0n) is 12.2. The molecule has 108 valence electrons. The van der Waals surface area contributed by atoms with Gasteiger partial charge < -0.3 is 5.32 Å². The minimum atomic E-state index is 0.145. The van der Waals surface area contributed by atoms with Crippen LogP contribution in [0.4, 0.5) is 0 Å². The summed E-state index contributed by atoms with van der Waals surface area (Å²) in [4.78, 5) is 5.91. The summed E-state index contributed by atoms with van der Waals surface area (Å²) in [6.07, 6.45) is 2.56. The van der Waals surface area contributed by atoms with Gasteiger partial charge in [-0.3, -0.25) is 4.98 Å². The van der Waals surface area contributed by atoms with E-state index >= 15 is 0 Å². The van der Waals surface area contributed by atoms with Crippen molar-refractivity contribution in [3.05, 3.63) is 47.9 Å². The molecule has 1 unspecified atom stereocenters. The number of tetrazole rings is 1. The van der Waals surface area contributed by atoms with Gasteiger partial charge in [0.2, 0.25) is 0 Å². The Morgan fingerprint density at radius 3 is 2.86 bits per heavy atom. The maximum Gasteiger partial charge on any atom is 0.176 e. The Morgan fingerprint density at radius 1 is 1.24 bits per heavy atom. The molecule has 3 rings (SSSR count). The number of fused-ring (bicyclic) bond motifs is 1. The molecule has 6 nitrogen and oxygen atoms in total. The van der Waals surface area contributed by atoms with Crippen LogP contribution in [0.15, 0.2) is 36.5 Å². The molecule has 6 heteroatoms. The van der Waals surface area contributed by atoms with E-state index in [-0.39, 0.29) is 6.04 Å². The maximum atomic E-state index is 4.42. The first-order valence-electron chi connectivity index (χ1n) is 7.08. The van der Waals surface area contributed by atoms with E-state index in [2.05, 4.69) is 44.8 Å². The van der Waals surface area contributed by atoms with Gasteiger partial charge in [0.1, 0.15) is 0 Å². The number of nitrogens with zero attached hydrogens (tertiary/aromatic N) is 5. The molecule has 1 atom stereocenters. The molecule has 0 aliphatic heterocycles. The van der Waals surface area contributed by atoms with Gasteiger partial charge in [0.05, 0.1) is 12.6 Å². The standard InChI is InChI=1S/C15H18N6/c1-3-16-14(10-15-18-20-21(2)19-15)12-8-9-17-13-7-5-4-6-11(12)13/h4-9,14,16H,3,10H2,1-2H3. The highest BCUT2D eigenvalue weighted by molar-refractivity contribution is 5.82. The topological polar surface area (TPSA) is 68.5 Å². The second-order valence-electron chi connectivity index (χ2n) is 4.93. The quantitative estimate of drug-likeness (QED) is 0.770. The zero-order chi connectivity index (χ0) is 14.7. The van der Waals surface area contributed by atoms with E-state index in [9.17, 15) is 0 Å². The van der Waals surface area contributed by atoms with Crippen LogP contribution in [0.5, 0.6) is 0 Å². The number of hydrogen-bond acceptors (Lipinski definition) is 5. The Morgan fingerprint density at radius 2 is 2.10 bits per heavy atom. The third-order valence-electron chi connectivity index (χ3n) is 3.45. The van der Waals surface area contributed by atoms with Gasteiger partial charge in [0.25, 0.3) is 0 Å². The van der Waals surface area contributed by atoms with Crippen molar-refractivity contribution in [1.29, 1.82) is 0 Å². The minimum Gasteiger partial charge on any atom is -0.310 e. The van der Waals surface area contributed by atoms with Gasteiger partial charge in [-0.1, -0.05) is 25.1 Å². The molecule has 3 aromatic rings. The second kappa shape index (κ2) is 5.97. The molecular weight excluding hydrogens is 264 g/mol. The van der Waals surface area contributed by atoms with Crippen molar-refractivity contribution in [2.45, 2.75) is 19.4 Å². The Bertz CT molecular complexity index is 730. The van der Waals surface area contributed by atoms with Crippen molar-refractivity contribution in [1.82, 2.24) is 30.5 Å². The van der Waals surface area contributed by atoms with Crippen LogP contribution in [0.2, 0.25) is 0 Å². The molecule has 0 saturated heterocycles. The van der Waals surface area contributed by atoms with E-state index < -0.39 is 0 Å². The fraction of sp³-hybridized carbons (Fsp3) is 0.333. The summed E-state index contributed by atoms with van der Waals surface area (Å²) in [7, 11) is 1.78. The van der Waals surface area contributed by atoms with Crippen LogP contribution < -0.4 is 5.32 Å². The van der Waals surface area contributed by atoms with Crippen molar-refractivity contribution in [2.75, 3.05) is 6.54 Å². The lowest BCUT2D eigenvalue weighted by Gasteiger charge is -2.18. The highest BCUT2D eigenvalue weighted by Gasteiger charge is 2.16. The molecule has 21 heavy (non-hydrogen) atoms. The highest BCUT2D eigenvalue weighted by atomic mass is 15.6. The second-order valence-corrected chi connectivity index (χ2v) is 4.93. The zero-order valence-corrected chi connectivity index (χ0v) is 12.2. The van der Waals surface area contributed by atoms with Crippen molar-refractivity contribution in [3.8, 4) is 0 Å². The molecule has 0 aliphatic rings. The first kappa shape index (κ1) is 13.6. The summed E-state index contributed by atoms with van der Waals surface area (Å²) in [6, 6.07) is 10.4. The summed E-state index contributed by atoms with van der Waals surface area (Å²) in [5, 5.41) is 16.9. The fourth-order valence-electron chi connectivity index (χ4n) is 2.55. The fourth-order valence-corrected chi connectivity index (χ4v) is 2.55. The number of aromatic nitrogens is 5. The molecule has 1 N–H and O–H groups in total. The molecule has 0 aliphatic carbocycles. The molecule has 2 aromatic heterocycles. The van der Waals surface area contributed by atoms with Crippen LogP contribution in [0.25, 0.3) is 10.9 Å². The van der Waals surface area contributed by atoms with E-state index in [1.54, 1.807) is 7.05 Å². The van der Waals surface area contributed by atoms with Crippen LogP contribution in [-0.2, 0) is 13.5 Å². The Hall–Kier alpha value is -2.34. The van der Waals surface area contributed by atoms with Crippen LogP contribution in [0.1, 0.15) is 24.4 Å². The number of benzene rings is 1. The van der Waals surface area contributed by atoms with Gasteiger partial charge in [-0.25, -0.2) is 0 Å². The lowest BCUT2D eigenvalue weighted by molar-refractivity contribution is 0.537. The first-order chi connectivity index (χ1) is 10.3. The van der Waals surface area contributed by atoms with E-state index in [1.807, 2.05) is 24.4 Å². The molecule has 0 radical (unpaired) electrons. The molecule has 0 spiro atoms. The third-order valence-corrected chi connectivity index (χ3v) is 3.45. The summed E-state index contributed by atoms with van der Waals surface area (Å²) < 4.78 is 0. The van der Waals surface area contributed by atoms with E-state index in [1.165, 1.54) is 10.4 Å². The predicted octanol–water partition coefficient (Wildman–Crippen LogP) is 1.65. The van der Waals surface area contributed by atoms with Crippen LogP contribution in [0, 0.1) is 0 Å². The predicted molar refractivity (Wildman–Crippen MR) is 80.7 cm³/mol. The number of rotatable bonds is 5. The number of para-hydroxylation sites is 1.